The van der Waals surface area contributed by atoms with Gasteiger partial charge >= 0.3 is 11.9 Å². The molecule has 2 heterocycles. The average molecular weight is 594 g/mol. The van der Waals surface area contributed by atoms with Crippen LogP contribution in [0.4, 0.5) is 13.2 Å². The van der Waals surface area contributed by atoms with Crippen molar-refractivity contribution in [2.75, 3.05) is 25.4 Å². The second kappa shape index (κ2) is 10.6. The normalized spacial score (nSPS) is 17.0. The van der Waals surface area contributed by atoms with Crippen LogP contribution in [0.3, 0.4) is 0 Å². The third kappa shape index (κ3) is 5.50. The van der Waals surface area contributed by atoms with Crippen LogP contribution in [0.1, 0.15) is 30.0 Å². The molecule has 206 valence electrons. The van der Waals surface area contributed by atoms with E-state index in [0.29, 0.717) is 30.1 Å². The zero-order valence-corrected chi connectivity index (χ0v) is 22.4. The Kier molecular flexibility index (Phi) is 8.02. The van der Waals surface area contributed by atoms with Crippen molar-refractivity contribution in [3.8, 4) is 0 Å². The lowest BCUT2D eigenvalue weighted by Gasteiger charge is -2.22. The van der Waals surface area contributed by atoms with Gasteiger partial charge in [0.2, 0.25) is 0 Å². The summed E-state index contributed by atoms with van der Waals surface area (Å²) in [5, 5.41) is 8.64. The van der Waals surface area contributed by atoms with Crippen molar-refractivity contribution in [1.82, 2.24) is 14.5 Å². The van der Waals surface area contributed by atoms with Crippen molar-refractivity contribution < 1.29 is 26.7 Å². The molecule has 0 bridgehead atoms. The molecule has 0 saturated carbocycles. The number of halogens is 5. The van der Waals surface area contributed by atoms with E-state index in [1.54, 1.807) is 4.90 Å². The van der Waals surface area contributed by atoms with Gasteiger partial charge in [-0.25, -0.2) is 13.2 Å². The molecule has 0 amide bonds. The Morgan fingerprint density at radius 2 is 1.87 bits per heavy atom. The van der Waals surface area contributed by atoms with Gasteiger partial charge in [-0.05, 0) is 54.3 Å². The highest BCUT2D eigenvalue weighted by Crippen LogP contribution is 2.39. The van der Waals surface area contributed by atoms with Gasteiger partial charge in [0.05, 0.1) is 38.7 Å². The Hall–Kier alpha value is -2.38. The average Bonchev–Trinajstić information content (AvgIpc) is 3.30. The minimum Gasteiger partial charge on any atom is -0.396 e. The predicted octanol–water partition coefficient (Wildman–Crippen LogP) is 3.67. The summed E-state index contributed by atoms with van der Waals surface area (Å²) in [6, 6.07) is 4.54. The number of aliphatic hydroxyl groups is 1. The molecule has 0 radical (unpaired) electrons. The first-order valence-electron chi connectivity index (χ1n) is 11.7. The number of fused-ring (bicyclic) bond motifs is 1. The summed E-state index contributed by atoms with van der Waals surface area (Å²) in [6.07, 6.45) is -4.24. The fourth-order valence-corrected chi connectivity index (χ4v) is 6.29. The molecule has 0 unspecified atom stereocenters. The second-order valence-electron chi connectivity index (χ2n) is 9.19. The highest BCUT2D eigenvalue weighted by molar-refractivity contribution is 7.91. The summed E-state index contributed by atoms with van der Waals surface area (Å²) in [5.41, 5.74) is -3.65. The number of aromatic amines is 1. The molecular formula is C24H24Cl2F3N3O5S. The molecule has 0 aliphatic carbocycles. The molecule has 14 heteroatoms. The van der Waals surface area contributed by atoms with E-state index in [0.717, 1.165) is 0 Å². The van der Waals surface area contributed by atoms with Gasteiger partial charge in [-0.2, -0.15) is 13.2 Å². The first-order valence-corrected chi connectivity index (χ1v) is 14.1. The maximum atomic E-state index is 14.1. The Morgan fingerprint density at radius 3 is 2.47 bits per heavy atom. The Labute approximate surface area is 225 Å². The SMILES string of the molecule is CCS(=O)(=O)c1ccc(Cl)cc1Cn1c(=O)[nH]c2c(Cl)c(CN3CC[C@@H](CO)C3)c(C(F)(F)F)cc2c1=O. The molecule has 1 fully saturated rings. The lowest BCUT2D eigenvalue weighted by molar-refractivity contribution is -0.138. The maximum Gasteiger partial charge on any atom is 0.416 e. The minimum atomic E-state index is -4.86. The number of aliphatic hydroxyl groups excluding tert-OH is 1. The molecule has 1 atom stereocenters. The van der Waals surface area contributed by atoms with Gasteiger partial charge in [0.1, 0.15) is 0 Å². The van der Waals surface area contributed by atoms with Crippen molar-refractivity contribution in [2.24, 2.45) is 5.92 Å². The zero-order chi connectivity index (χ0) is 28.0. The Balaban J connectivity index is 1.88. The van der Waals surface area contributed by atoms with Crippen LogP contribution in [0.15, 0.2) is 38.8 Å². The molecule has 2 N–H and O–H groups in total. The fraction of sp³-hybridized carbons (Fsp3) is 0.417. The molecular weight excluding hydrogens is 570 g/mol. The number of hydrogen-bond donors (Lipinski definition) is 2. The van der Waals surface area contributed by atoms with Crippen molar-refractivity contribution >= 4 is 43.9 Å². The van der Waals surface area contributed by atoms with Crippen LogP contribution in [0, 0.1) is 5.92 Å². The summed E-state index contributed by atoms with van der Waals surface area (Å²) in [5.74, 6) is -0.322. The van der Waals surface area contributed by atoms with Crippen LogP contribution < -0.4 is 11.2 Å². The van der Waals surface area contributed by atoms with E-state index in [1.807, 2.05) is 0 Å². The number of alkyl halides is 3. The number of likely N-dealkylation sites (tertiary alicyclic amines) is 1. The largest absolute Gasteiger partial charge is 0.416 e. The summed E-state index contributed by atoms with van der Waals surface area (Å²) in [7, 11) is -3.77. The number of benzene rings is 2. The third-order valence-electron chi connectivity index (χ3n) is 6.70. The van der Waals surface area contributed by atoms with Crippen LogP contribution in [-0.4, -0.2) is 53.4 Å². The Morgan fingerprint density at radius 1 is 1.16 bits per heavy atom. The van der Waals surface area contributed by atoms with Crippen LogP contribution in [0.25, 0.3) is 10.9 Å². The molecule has 2 aromatic carbocycles. The first-order chi connectivity index (χ1) is 17.8. The lowest BCUT2D eigenvalue weighted by atomic mass is 10.0. The van der Waals surface area contributed by atoms with E-state index in [1.165, 1.54) is 25.1 Å². The molecule has 0 spiro atoms. The Bertz CT molecular complexity index is 1620. The smallest absolute Gasteiger partial charge is 0.396 e. The summed E-state index contributed by atoms with van der Waals surface area (Å²) >= 11 is 12.4. The molecule has 1 aliphatic heterocycles. The number of sulfone groups is 1. The van der Waals surface area contributed by atoms with Crippen molar-refractivity contribution in [3.05, 3.63) is 71.8 Å². The van der Waals surface area contributed by atoms with Gasteiger partial charge in [-0.1, -0.05) is 30.1 Å². The minimum absolute atomic E-state index is 0.0394. The van der Waals surface area contributed by atoms with Crippen LogP contribution in [0.5, 0.6) is 0 Å². The number of H-pyrrole nitrogens is 1. The van der Waals surface area contributed by atoms with Crippen LogP contribution in [0.2, 0.25) is 10.0 Å². The molecule has 1 aromatic heterocycles. The number of rotatable bonds is 7. The van der Waals surface area contributed by atoms with Crippen molar-refractivity contribution in [3.63, 3.8) is 0 Å². The monoisotopic (exact) mass is 593 g/mol. The molecule has 38 heavy (non-hydrogen) atoms. The maximum absolute atomic E-state index is 14.1. The van der Waals surface area contributed by atoms with Gasteiger partial charge < -0.3 is 10.1 Å². The second-order valence-corrected chi connectivity index (χ2v) is 12.2. The number of aromatic nitrogens is 2. The number of nitrogens with zero attached hydrogens (tertiary/aromatic N) is 2. The molecule has 3 aromatic rings. The van der Waals surface area contributed by atoms with E-state index < -0.39 is 49.8 Å². The lowest BCUT2D eigenvalue weighted by Crippen LogP contribution is -2.36. The number of nitrogens with one attached hydrogen (secondary N) is 1. The summed E-state index contributed by atoms with van der Waals surface area (Å²) in [6.45, 7) is 1.44. The van der Waals surface area contributed by atoms with Crippen LogP contribution >= 0.6 is 23.2 Å². The van der Waals surface area contributed by atoms with Crippen molar-refractivity contribution in [1.29, 1.82) is 0 Å². The summed E-state index contributed by atoms with van der Waals surface area (Å²) < 4.78 is 68.1. The van der Waals surface area contributed by atoms with Gasteiger partial charge in [-0.3, -0.25) is 14.3 Å². The molecule has 4 rings (SSSR count). The topological polar surface area (TPSA) is 112 Å². The fourth-order valence-electron chi connectivity index (χ4n) is 4.67. The van der Waals surface area contributed by atoms with Gasteiger partial charge in [0.15, 0.2) is 9.84 Å². The molecule has 1 aliphatic rings. The standard InChI is InChI=1S/C24H24Cl2F3N3O5S/c1-2-38(36,37)19-4-3-15(25)7-14(19)10-32-22(34)16-8-18(24(27,28)29)17(20(26)21(16)30-23(32)35)11-31-6-5-13(9-31)12-33/h3-4,7-8,13,33H,2,5-6,9-12H2,1H3,(H,30,35)/t13-/m1/s1. The quantitative estimate of drug-likeness (QED) is 0.432. The van der Waals surface area contributed by atoms with Gasteiger partial charge in [0, 0.05) is 24.7 Å². The van der Waals surface area contributed by atoms with Gasteiger partial charge in [-0.15, -0.1) is 0 Å². The van der Waals surface area contributed by atoms with E-state index >= 15 is 0 Å². The third-order valence-corrected chi connectivity index (χ3v) is 9.18. The van der Waals surface area contributed by atoms with E-state index in [4.69, 9.17) is 23.2 Å². The van der Waals surface area contributed by atoms with Crippen molar-refractivity contribution in [2.45, 2.75) is 37.5 Å². The van der Waals surface area contributed by atoms with Gasteiger partial charge in [0.25, 0.3) is 5.56 Å². The van der Waals surface area contributed by atoms with Crippen LogP contribution in [-0.2, 0) is 29.1 Å². The zero-order valence-electron chi connectivity index (χ0n) is 20.1. The highest BCUT2D eigenvalue weighted by Gasteiger charge is 2.37. The highest BCUT2D eigenvalue weighted by atomic mass is 35.5. The number of hydrogen-bond acceptors (Lipinski definition) is 6. The molecule has 1 saturated heterocycles. The molecule has 8 nitrogen and oxygen atoms in total. The van der Waals surface area contributed by atoms with E-state index in [2.05, 4.69) is 4.98 Å². The summed E-state index contributed by atoms with van der Waals surface area (Å²) in [4.78, 5) is 30.3. The first kappa shape index (κ1) is 28.6. The van der Waals surface area contributed by atoms with E-state index in [-0.39, 0.29) is 51.4 Å². The van der Waals surface area contributed by atoms with E-state index in [9.17, 15) is 36.3 Å². The predicted molar refractivity (Wildman–Crippen MR) is 138 cm³/mol.